The lowest BCUT2D eigenvalue weighted by atomic mass is 10.1. The van der Waals surface area contributed by atoms with Gasteiger partial charge in [-0.15, -0.1) is 0 Å². The maximum Gasteiger partial charge on any atom is 0.257 e. The van der Waals surface area contributed by atoms with Crippen molar-refractivity contribution in [1.82, 2.24) is 15.0 Å². The average Bonchev–Trinajstić information content (AvgIpc) is 3.24. The van der Waals surface area contributed by atoms with Gasteiger partial charge < -0.3 is 9.42 Å². The van der Waals surface area contributed by atoms with E-state index in [2.05, 4.69) is 10.1 Å². The third-order valence-corrected chi connectivity index (χ3v) is 5.02. The summed E-state index contributed by atoms with van der Waals surface area (Å²) in [6.07, 6.45) is 0.360. The van der Waals surface area contributed by atoms with Crippen LogP contribution in [0, 0.1) is 0 Å². The van der Waals surface area contributed by atoms with Gasteiger partial charge >= 0.3 is 0 Å². The lowest BCUT2D eigenvalue weighted by molar-refractivity contribution is -0.128. The van der Waals surface area contributed by atoms with Gasteiger partial charge in [-0.05, 0) is 29.8 Å². The third kappa shape index (κ3) is 3.45. The number of hydrogen-bond acceptors (Lipinski definition) is 4. The Bertz CT molecular complexity index is 957. The molecule has 2 heterocycles. The van der Waals surface area contributed by atoms with Crippen molar-refractivity contribution in [3.63, 3.8) is 0 Å². The Balaban J connectivity index is 1.50. The first kappa shape index (κ1) is 17.1. The SMILES string of the molecule is O=C1CC(c2noc(-c3cccc(Cl)c3)n2)CN1Cc1ccccc1Cl. The summed E-state index contributed by atoms with van der Waals surface area (Å²) in [5.74, 6) is 0.903. The Kier molecular flexibility index (Phi) is 4.66. The second-order valence-corrected chi connectivity index (χ2v) is 7.08. The highest BCUT2D eigenvalue weighted by Gasteiger charge is 2.34. The predicted octanol–water partition coefficient (Wildman–Crippen LogP) is 4.56. The maximum absolute atomic E-state index is 12.4. The Morgan fingerprint density at radius 2 is 2.00 bits per heavy atom. The number of benzene rings is 2. The quantitative estimate of drug-likeness (QED) is 0.658. The molecule has 1 amide bonds. The number of likely N-dealkylation sites (tertiary alicyclic amines) is 1. The van der Waals surface area contributed by atoms with E-state index in [1.807, 2.05) is 36.4 Å². The fourth-order valence-electron chi connectivity index (χ4n) is 3.07. The molecule has 0 saturated carbocycles. The van der Waals surface area contributed by atoms with Crippen LogP contribution in [0.25, 0.3) is 11.5 Å². The van der Waals surface area contributed by atoms with Gasteiger partial charge in [0.05, 0.1) is 0 Å². The summed E-state index contributed by atoms with van der Waals surface area (Å²) in [6.45, 7) is 1.02. The fourth-order valence-corrected chi connectivity index (χ4v) is 3.46. The van der Waals surface area contributed by atoms with Crippen LogP contribution in [0.4, 0.5) is 0 Å². The van der Waals surface area contributed by atoms with Crippen LogP contribution in [0.3, 0.4) is 0 Å². The van der Waals surface area contributed by atoms with Gasteiger partial charge in [-0.3, -0.25) is 4.79 Å². The van der Waals surface area contributed by atoms with E-state index >= 15 is 0 Å². The van der Waals surface area contributed by atoms with Crippen LogP contribution in [0.15, 0.2) is 53.1 Å². The standard InChI is InChI=1S/C19H15Cl2N3O2/c20-15-6-3-5-12(8-15)19-22-18(23-26-19)14-9-17(25)24(11-14)10-13-4-1-2-7-16(13)21/h1-8,14H,9-11H2. The highest BCUT2D eigenvalue weighted by Crippen LogP contribution is 2.30. The molecule has 0 spiro atoms. The van der Waals surface area contributed by atoms with Gasteiger partial charge in [-0.2, -0.15) is 4.98 Å². The minimum absolute atomic E-state index is 0.0593. The molecule has 4 rings (SSSR count). The summed E-state index contributed by atoms with van der Waals surface area (Å²) in [7, 11) is 0. The molecule has 0 N–H and O–H groups in total. The number of amides is 1. The summed E-state index contributed by atoms with van der Waals surface area (Å²) in [6, 6.07) is 14.8. The number of carbonyl (C=O) groups is 1. The average molecular weight is 388 g/mol. The van der Waals surface area contributed by atoms with E-state index in [4.69, 9.17) is 27.7 Å². The Morgan fingerprint density at radius 3 is 2.81 bits per heavy atom. The van der Waals surface area contributed by atoms with E-state index in [0.717, 1.165) is 11.1 Å². The largest absolute Gasteiger partial charge is 0.338 e. The minimum atomic E-state index is -0.0957. The zero-order valence-electron chi connectivity index (χ0n) is 13.7. The highest BCUT2D eigenvalue weighted by atomic mass is 35.5. The number of rotatable bonds is 4. The summed E-state index contributed by atoms with van der Waals surface area (Å²) < 4.78 is 5.36. The van der Waals surface area contributed by atoms with E-state index in [0.29, 0.717) is 41.3 Å². The Hall–Kier alpha value is -2.37. The zero-order valence-corrected chi connectivity index (χ0v) is 15.2. The number of halogens is 2. The summed E-state index contributed by atoms with van der Waals surface area (Å²) in [5, 5.41) is 5.32. The minimum Gasteiger partial charge on any atom is -0.338 e. The van der Waals surface area contributed by atoms with E-state index in [1.54, 1.807) is 17.0 Å². The predicted molar refractivity (Wildman–Crippen MR) is 99.0 cm³/mol. The van der Waals surface area contributed by atoms with Crippen molar-refractivity contribution in [1.29, 1.82) is 0 Å². The smallest absolute Gasteiger partial charge is 0.257 e. The molecule has 1 atom stereocenters. The molecule has 1 saturated heterocycles. The first-order valence-electron chi connectivity index (χ1n) is 8.21. The first-order chi connectivity index (χ1) is 12.6. The molecule has 26 heavy (non-hydrogen) atoms. The maximum atomic E-state index is 12.4. The highest BCUT2D eigenvalue weighted by molar-refractivity contribution is 6.31. The normalized spacial score (nSPS) is 17.1. The first-order valence-corrected chi connectivity index (χ1v) is 8.96. The Labute approximate surface area is 160 Å². The van der Waals surface area contributed by atoms with E-state index in [1.165, 1.54) is 0 Å². The lowest BCUT2D eigenvalue weighted by Crippen LogP contribution is -2.24. The monoisotopic (exact) mass is 387 g/mol. The zero-order chi connectivity index (χ0) is 18.1. The molecule has 5 nitrogen and oxygen atoms in total. The molecule has 2 aromatic carbocycles. The van der Waals surface area contributed by atoms with Crippen molar-refractivity contribution in [3.05, 3.63) is 70.0 Å². The lowest BCUT2D eigenvalue weighted by Gasteiger charge is -2.16. The molecule has 1 aromatic heterocycles. The number of hydrogen-bond donors (Lipinski definition) is 0. The molecule has 7 heteroatoms. The van der Waals surface area contributed by atoms with Gasteiger partial charge in [-0.1, -0.05) is 52.6 Å². The second-order valence-electron chi connectivity index (χ2n) is 6.23. The molecule has 1 unspecified atom stereocenters. The van der Waals surface area contributed by atoms with Crippen LogP contribution < -0.4 is 0 Å². The summed E-state index contributed by atoms with van der Waals surface area (Å²) in [4.78, 5) is 18.6. The number of aromatic nitrogens is 2. The molecule has 0 aliphatic carbocycles. The van der Waals surface area contributed by atoms with Crippen molar-refractivity contribution in [2.75, 3.05) is 6.54 Å². The van der Waals surface area contributed by atoms with Crippen molar-refractivity contribution in [2.24, 2.45) is 0 Å². The molecule has 1 aliphatic rings. The van der Waals surface area contributed by atoms with E-state index in [9.17, 15) is 4.79 Å². The number of carbonyl (C=O) groups excluding carboxylic acids is 1. The van der Waals surface area contributed by atoms with Crippen LogP contribution in [0.5, 0.6) is 0 Å². The van der Waals surface area contributed by atoms with Gasteiger partial charge in [0, 0.05) is 41.0 Å². The second kappa shape index (κ2) is 7.09. The molecule has 1 aliphatic heterocycles. The molecule has 0 radical (unpaired) electrons. The van der Waals surface area contributed by atoms with E-state index < -0.39 is 0 Å². The molecule has 1 fully saturated rings. The van der Waals surface area contributed by atoms with Crippen LogP contribution in [-0.2, 0) is 11.3 Å². The fraction of sp³-hybridized carbons (Fsp3) is 0.211. The van der Waals surface area contributed by atoms with Gasteiger partial charge in [0.1, 0.15) is 0 Å². The van der Waals surface area contributed by atoms with Gasteiger partial charge in [0.2, 0.25) is 5.91 Å². The van der Waals surface area contributed by atoms with Crippen LogP contribution in [-0.4, -0.2) is 27.5 Å². The van der Waals surface area contributed by atoms with Gasteiger partial charge in [0.25, 0.3) is 5.89 Å². The van der Waals surface area contributed by atoms with Crippen molar-refractivity contribution >= 4 is 29.1 Å². The van der Waals surface area contributed by atoms with Crippen LogP contribution in [0.2, 0.25) is 10.0 Å². The van der Waals surface area contributed by atoms with Crippen molar-refractivity contribution in [2.45, 2.75) is 18.9 Å². The van der Waals surface area contributed by atoms with Crippen molar-refractivity contribution < 1.29 is 9.32 Å². The molecular weight excluding hydrogens is 373 g/mol. The molecule has 3 aromatic rings. The van der Waals surface area contributed by atoms with Gasteiger partial charge in [0.15, 0.2) is 5.82 Å². The molecule has 132 valence electrons. The topological polar surface area (TPSA) is 59.2 Å². The van der Waals surface area contributed by atoms with E-state index in [-0.39, 0.29) is 11.8 Å². The molecule has 0 bridgehead atoms. The van der Waals surface area contributed by atoms with Crippen LogP contribution >= 0.6 is 23.2 Å². The molecular formula is C19H15Cl2N3O2. The van der Waals surface area contributed by atoms with Crippen LogP contribution in [0.1, 0.15) is 23.7 Å². The van der Waals surface area contributed by atoms with Gasteiger partial charge in [-0.25, -0.2) is 0 Å². The Morgan fingerprint density at radius 1 is 1.15 bits per heavy atom. The summed E-state index contributed by atoms with van der Waals surface area (Å²) >= 11 is 12.2. The summed E-state index contributed by atoms with van der Waals surface area (Å²) in [5.41, 5.74) is 1.68. The van der Waals surface area contributed by atoms with Crippen molar-refractivity contribution in [3.8, 4) is 11.5 Å². The third-order valence-electron chi connectivity index (χ3n) is 4.41. The number of nitrogens with zero attached hydrogens (tertiary/aromatic N) is 3.